The van der Waals surface area contributed by atoms with Crippen LogP contribution in [0.1, 0.15) is 25.3 Å². The zero-order chi connectivity index (χ0) is 14.8. The quantitative estimate of drug-likeness (QED) is 0.902. The maximum atomic E-state index is 12.2. The number of benzene rings is 1. The molecule has 1 heterocycles. The van der Waals surface area contributed by atoms with Crippen molar-refractivity contribution in [2.24, 2.45) is 5.73 Å². The Morgan fingerprint density at radius 3 is 2.80 bits per heavy atom. The van der Waals surface area contributed by atoms with Gasteiger partial charge in [0.1, 0.15) is 0 Å². The topological polar surface area (TPSA) is 80.5 Å². The highest BCUT2D eigenvalue weighted by atomic mass is 32.2. The molecular weight excluding hydrogens is 276 g/mol. The van der Waals surface area contributed by atoms with Crippen molar-refractivity contribution in [3.63, 3.8) is 0 Å². The molecule has 0 atom stereocenters. The summed E-state index contributed by atoms with van der Waals surface area (Å²) in [6.07, 6.45) is 2.12. The van der Waals surface area contributed by atoms with E-state index in [1.54, 1.807) is 23.1 Å². The minimum Gasteiger partial charge on any atom is -0.330 e. The van der Waals surface area contributed by atoms with E-state index in [-0.39, 0.29) is 11.7 Å². The highest BCUT2D eigenvalue weighted by Crippen LogP contribution is 2.29. The number of hydrogen-bond acceptors (Lipinski definition) is 4. The van der Waals surface area contributed by atoms with Gasteiger partial charge in [-0.05, 0) is 49.6 Å². The van der Waals surface area contributed by atoms with Crippen LogP contribution in [-0.2, 0) is 21.1 Å². The fourth-order valence-electron chi connectivity index (χ4n) is 2.49. The zero-order valence-electron chi connectivity index (χ0n) is 11.6. The summed E-state index contributed by atoms with van der Waals surface area (Å²) >= 11 is 0. The maximum absolute atomic E-state index is 12.2. The molecule has 5 nitrogen and oxygen atoms in total. The maximum Gasteiger partial charge on any atom is 0.223 e. The molecule has 0 spiro atoms. The van der Waals surface area contributed by atoms with Gasteiger partial charge in [0.25, 0.3) is 0 Å². The van der Waals surface area contributed by atoms with Crippen molar-refractivity contribution in [2.45, 2.75) is 31.1 Å². The third-order valence-electron chi connectivity index (χ3n) is 3.53. The molecule has 0 radical (unpaired) electrons. The Bertz CT molecular complexity index is 611. The Kier molecular flexibility index (Phi) is 4.45. The van der Waals surface area contributed by atoms with Crippen LogP contribution in [0.2, 0.25) is 0 Å². The van der Waals surface area contributed by atoms with Gasteiger partial charge in [0, 0.05) is 19.2 Å². The third-order valence-corrected chi connectivity index (χ3v) is 5.32. The molecule has 0 bridgehead atoms. The van der Waals surface area contributed by atoms with Crippen molar-refractivity contribution in [3.05, 3.63) is 23.8 Å². The van der Waals surface area contributed by atoms with Gasteiger partial charge in [-0.25, -0.2) is 8.42 Å². The molecule has 1 aromatic carbocycles. The van der Waals surface area contributed by atoms with Gasteiger partial charge in [-0.15, -0.1) is 0 Å². The molecule has 6 heteroatoms. The zero-order valence-corrected chi connectivity index (χ0v) is 12.4. The van der Waals surface area contributed by atoms with Crippen LogP contribution in [-0.4, -0.2) is 33.2 Å². The lowest BCUT2D eigenvalue weighted by Gasteiger charge is -2.28. The van der Waals surface area contributed by atoms with E-state index >= 15 is 0 Å². The Morgan fingerprint density at radius 1 is 1.40 bits per heavy atom. The number of nitrogens with zero attached hydrogens (tertiary/aromatic N) is 1. The molecular formula is C14H20N2O3S. The Hall–Kier alpha value is -1.40. The monoisotopic (exact) mass is 296 g/mol. The number of anilines is 1. The first-order valence-corrected chi connectivity index (χ1v) is 8.45. The lowest BCUT2D eigenvalue weighted by atomic mass is 10.0. The SMILES string of the molecule is CC(=O)N1CCCc2cc(S(=O)(=O)CCCN)ccc21. The van der Waals surface area contributed by atoms with E-state index in [0.717, 1.165) is 24.1 Å². The van der Waals surface area contributed by atoms with Gasteiger partial charge >= 0.3 is 0 Å². The summed E-state index contributed by atoms with van der Waals surface area (Å²) in [5.74, 6) is 0.0586. The molecule has 1 aromatic rings. The van der Waals surface area contributed by atoms with Crippen LogP contribution in [0.3, 0.4) is 0 Å². The van der Waals surface area contributed by atoms with Crippen LogP contribution in [0.4, 0.5) is 5.69 Å². The average Bonchev–Trinajstić information content (AvgIpc) is 2.43. The van der Waals surface area contributed by atoms with Gasteiger partial charge in [0.05, 0.1) is 10.6 Å². The summed E-state index contributed by atoms with van der Waals surface area (Å²) in [5.41, 5.74) is 7.13. The lowest BCUT2D eigenvalue weighted by Crippen LogP contribution is -2.33. The predicted octanol–water partition coefficient (Wildman–Crippen LogP) is 1.11. The number of nitrogens with two attached hydrogens (primary N) is 1. The highest BCUT2D eigenvalue weighted by molar-refractivity contribution is 7.91. The first-order chi connectivity index (χ1) is 9.45. The standard InChI is InChI=1S/C14H20N2O3S/c1-11(17)16-8-2-4-12-10-13(5-6-14(12)16)20(18,19)9-3-7-15/h5-6,10H,2-4,7-9,15H2,1H3. The molecule has 0 aromatic heterocycles. The predicted molar refractivity (Wildman–Crippen MR) is 78.5 cm³/mol. The number of fused-ring (bicyclic) bond motifs is 1. The van der Waals surface area contributed by atoms with Gasteiger partial charge in [-0.1, -0.05) is 0 Å². The molecule has 0 unspecified atom stereocenters. The molecule has 1 aliphatic heterocycles. The van der Waals surface area contributed by atoms with E-state index in [0.29, 0.717) is 24.4 Å². The molecule has 0 aliphatic carbocycles. The molecule has 0 saturated heterocycles. The molecule has 2 N–H and O–H groups in total. The van der Waals surface area contributed by atoms with E-state index in [9.17, 15) is 13.2 Å². The number of amides is 1. The second kappa shape index (κ2) is 5.93. The number of sulfone groups is 1. The van der Waals surface area contributed by atoms with Gasteiger partial charge in [-0.2, -0.15) is 0 Å². The van der Waals surface area contributed by atoms with E-state index in [1.807, 2.05) is 0 Å². The van der Waals surface area contributed by atoms with Crippen molar-refractivity contribution >= 4 is 21.4 Å². The normalized spacial score (nSPS) is 15.0. The Morgan fingerprint density at radius 2 is 2.15 bits per heavy atom. The summed E-state index contributed by atoms with van der Waals surface area (Å²) in [6.45, 7) is 2.59. The average molecular weight is 296 g/mol. The van der Waals surface area contributed by atoms with E-state index in [1.165, 1.54) is 6.92 Å². The molecule has 0 fully saturated rings. The van der Waals surface area contributed by atoms with Gasteiger partial charge < -0.3 is 10.6 Å². The Balaban J connectivity index is 2.35. The second-order valence-electron chi connectivity index (χ2n) is 5.03. The number of rotatable bonds is 4. The number of carbonyl (C=O) groups excluding carboxylic acids is 1. The number of carbonyl (C=O) groups is 1. The number of hydrogen-bond donors (Lipinski definition) is 1. The minimum absolute atomic E-state index is 0.00955. The van der Waals surface area contributed by atoms with Crippen LogP contribution in [0.25, 0.3) is 0 Å². The van der Waals surface area contributed by atoms with E-state index < -0.39 is 9.84 Å². The fourth-order valence-corrected chi connectivity index (χ4v) is 3.86. The Labute approximate surface area is 119 Å². The van der Waals surface area contributed by atoms with Crippen LogP contribution in [0.15, 0.2) is 23.1 Å². The van der Waals surface area contributed by atoms with E-state index in [4.69, 9.17) is 5.73 Å². The summed E-state index contributed by atoms with van der Waals surface area (Å²) < 4.78 is 24.3. The van der Waals surface area contributed by atoms with Crippen LogP contribution >= 0.6 is 0 Å². The van der Waals surface area contributed by atoms with Crippen LogP contribution in [0, 0.1) is 0 Å². The number of aryl methyl sites for hydroxylation is 1. The first-order valence-electron chi connectivity index (χ1n) is 6.79. The molecule has 0 saturated carbocycles. The van der Waals surface area contributed by atoms with Crippen molar-refractivity contribution in [2.75, 3.05) is 23.7 Å². The van der Waals surface area contributed by atoms with E-state index in [2.05, 4.69) is 0 Å². The summed E-state index contributed by atoms with van der Waals surface area (Å²) in [5, 5.41) is 0. The van der Waals surface area contributed by atoms with Crippen LogP contribution < -0.4 is 10.6 Å². The molecule has 20 heavy (non-hydrogen) atoms. The van der Waals surface area contributed by atoms with Crippen molar-refractivity contribution in [1.29, 1.82) is 0 Å². The summed E-state index contributed by atoms with van der Waals surface area (Å²) in [7, 11) is -3.28. The molecule has 1 amide bonds. The molecule has 2 rings (SSSR count). The summed E-state index contributed by atoms with van der Waals surface area (Å²) in [6, 6.07) is 5.04. The van der Waals surface area contributed by atoms with Gasteiger partial charge in [-0.3, -0.25) is 4.79 Å². The van der Waals surface area contributed by atoms with Crippen LogP contribution in [0.5, 0.6) is 0 Å². The van der Waals surface area contributed by atoms with Gasteiger partial charge in [0.2, 0.25) is 5.91 Å². The molecule has 1 aliphatic rings. The van der Waals surface area contributed by atoms with Crippen molar-refractivity contribution in [1.82, 2.24) is 0 Å². The van der Waals surface area contributed by atoms with Crippen molar-refractivity contribution < 1.29 is 13.2 Å². The lowest BCUT2D eigenvalue weighted by molar-refractivity contribution is -0.116. The fraction of sp³-hybridized carbons (Fsp3) is 0.500. The van der Waals surface area contributed by atoms with Gasteiger partial charge in [0.15, 0.2) is 9.84 Å². The minimum atomic E-state index is -3.28. The first kappa shape index (κ1) is 15.0. The second-order valence-corrected chi connectivity index (χ2v) is 7.13. The highest BCUT2D eigenvalue weighted by Gasteiger charge is 2.22. The third kappa shape index (κ3) is 3.02. The summed E-state index contributed by atoms with van der Waals surface area (Å²) in [4.78, 5) is 13.6. The largest absolute Gasteiger partial charge is 0.330 e. The van der Waals surface area contributed by atoms with Crippen molar-refractivity contribution in [3.8, 4) is 0 Å². The smallest absolute Gasteiger partial charge is 0.223 e. The molecule has 110 valence electrons.